The zero-order chi connectivity index (χ0) is 17.4. The molecule has 0 unspecified atom stereocenters. The Labute approximate surface area is 165 Å². The highest BCUT2D eigenvalue weighted by atomic mass is 127. The summed E-state index contributed by atoms with van der Waals surface area (Å²) >= 11 is 0. The van der Waals surface area contributed by atoms with Crippen molar-refractivity contribution in [2.75, 3.05) is 13.7 Å². The number of halogens is 2. The summed E-state index contributed by atoms with van der Waals surface area (Å²) in [4.78, 5) is 4.50. The van der Waals surface area contributed by atoms with Crippen LogP contribution in [0, 0.1) is 12.7 Å². The molecule has 0 spiro atoms. The molecule has 0 aliphatic rings. The molecule has 2 aromatic rings. The van der Waals surface area contributed by atoms with Crippen molar-refractivity contribution in [1.82, 2.24) is 10.6 Å². The van der Waals surface area contributed by atoms with Crippen molar-refractivity contribution in [3.8, 4) is 5.75 Å². The topological polar surface area (TPSA) is 45.7 Å². The second kappa shape index (κ2) is 10.9. The van der Waals surface area contributed by atoms with Crippen LogP contribution in [0.2, 0.25) is 0 Å². The Kier molecular flexibility index (Phi) is 9.26. The van der Waals surface area contributed by atoms with Crippen molar-refractivity contribution in [2.45, 2.75) is 26.9 Å². The first-order valence-corrected chi connectivity index (χ1v) is 8.02. The first-order valence-electron chi connectivity index (χ1n) is 8.02. The van der Waals surface area contributed by atoms with E-state index in [-0.39, 0.29) is 29.8 Å². The van der Waals surface area contributed by atoms with Gasteiger partial charge in [-0.1, -0.05) is 24.3 Å². The molecule has 0 saturated heterocycles. The van der Waals surface area contributed by atoms with Crippen molar-refractivity contribution in [1.29, 1.82) is 0 Å². The number of rotatable bonds is 6. The third-order valence-electron chi connectivity index (χ3n) is 3.57. The van der Waals surface area contributed by atoms with Crippen LogP contribution in [0.1, 0.15) is 23.6 Å². The fourth-order valence-electron chi connectivity index (χ4n) is 2.38. The van der Waals surface area contributed by atoms with Crippen LogP contribution in [0.25, 0.3) is 0 Å². The van der Waals surface area contributed by atoms with Gasteiger partial charge in [0.1, 0.15) is 11.6 Å². The molecule has 4 nitrogen and oxygen atoms in total. The number of ether oxygens (including phenoxy) is 1. The molecule has 2 rings (SSSR count). The van der Waals surface area contributed by atoms with Crippen molar-refractivity contribution in [3.63, 3.8) is 0 Å². The fourth-order valence-corrected chi connectivity index (χ4v) is 2.38. The van der Waals surface area contributed by atoms with Crippen LogP contribution in [0.4, 0.5) is 4.39 Å². The summed E-state index contributed by atoms with van der Waals surface area (Å²) in [6.45, 7) is 5.87. The van der Waals surface area contributed by atoms with Gasteiger partial charge in [0, 0.05) is 13.1 Å². The van der Waals surface area contributed by atoms with Crippen LogP contribution in [0.5, 0.6) is 5.75 Å². The van der Waals surface area contributed by atoms with E-state index in [2.05, 4.69) is 21.7 Å². The molecule has 0 aromatic heterocycles. The van der Waals surface area contributed by atoms with Gasteiger partial charge in [-0.25, -0.2) is 9.38 Å². The van der Waals surface area contributed by atoms with Gasteiger partial charge in [0.05, 0.1) is 13.7 Å². The summed E-state index contributed by atoms with van der Waals surface area (Å²) in [5.41, 5.74) is 3.08. The smallest absolute Gasteiger partial charge is 0.191 e. The summed E-state index contributed by atoms with van der Waals surface area (Å²) in [5, 5.41) is 6.49. The Morgan fingerprint density at radius 1 is 1.12 bits per heavy atom. The first-order chi connectivity index (χ1) is 11.6. The molecule has 0 amide bonds. The zero-order valence-corrected chi connectivity index (χ0v) is 17.1. The standard InChI is InChI=1S/C19H24FN3O.HI/c1-4-21-19(22-12-15-6-5-7-17(20)11-15)23-13-16-8-9-18(24-3)14(2)10-16;/h5-11H,4,12-13H2,1-3H3,(H2,21,22,23);1H. The van der Waals surface area contributed by atoms with Crippen LogP contribution in [0.15, 0.2) is 47.5 Å². The van der Waals surface area contributed by atoms with Crippen LogP contribution in [-0.4, -0.2) is 19.6 Å². The van der Waals surface area contributed by atoms with E-state index in [0.717, 1.165) is 29.0 Å². The van der Waals surface area contributed by atoms with Crippen LogP contribution in [-0.2, 0) is 13.1 Å². The van der Waals surface area contributed by atoms with Gasteiger partial charge in [0.15, 0.2) is 5.96 Å². The van der Waals surface area contributed by atoms with E-state index in [1.165, 1.54) is 12.1 Å². The van der Waals surface area contributed by atoms with E-state index in [9.17, 15) is 4.39 Å². The van der Waals surface area contributed by atoms with E-state index in [1.54, 1.807) is 13.2 Å². The summed E-state index contributed by atoms with van der Waals surface area (Å²) in [5.74, 6) is 1.34. The number of aliphatic imine (C=N–C) groups is 1. The van der Waals surface area contributed by atoms with Gasteiger partial charge in [0.25, 0.3) is 0 Å². The summed E-state index contributed by atoms with van der Waals surface area (Å²) in [6.07, 6.45) is 0. The number of hydrogen-bond donors (Lipinski definition) is 2. The molecule has 0 bridgehead atoms. The van der Waals surface area contributed by atoms with E-state index in [0.29, 0.717) is 19.0 Å². The molecule has 25 heavy (non-hydrogen) atoms. The molecule has 0 atom stereocenters. The second-order valence-corrected chi connectivity index (χ2v) is 5.48. The number of aryl methyl sites for hydroxylation is 1. The van der Waals surface area contributed by atoms with E-state index < -0.39 is 0 Å². The molecule has 0 aliphatic carbocycles. The highest BCUT2D eigenvalue weighted by Gasteiger charge is 2.02. The van der Waals surface area contributed by atoms with Gasteiger partial charge in [-0.2, -0.15) is 0 Å². The number of hydrogen-bond acceptors (Lipinski definition) is 2. The van der Waals surface area contributed by atoms with Gasteiger partial charge >= 0.3 is 0 Å². The lowest BCUT2D eigenvalue weighted by Gasteiger charge is -2.12. The van der Waals surface area contributed by atoms with Crippen molar-refractivity contribution in [3.05, 3.63) is 65.0 Å². The molecule has 0 aliphatic heterocycles. The predicted molar refractivity (Wildman–Crippen MR) is 111 cm³/mol. The molecular formula is C19H25FIN3O. The maximum atomic E-state index is 13.2. The maximum Gasteiger partial charge on any atom is 0.191 e. The molecule has 136 valence electrons. The average molecular weight is 457 g/mol. The zero-order valence-electron chi connectivity index (χ0n) is 14.8. The quantitative estimate of drug-likeness (QED) is 0.392. The fraction of sp³-hybridized carbons (Fsp3) is 0.316. The lowest BCUT2D eigenvalue weighted by molar-refractivity contribution is 0.411. The summed E-state index contributed by atoms with van der Waals surface area (Å²) < 4.78 is 18.5. The van der Waals surface area contributed by atoms with Gasteiger partial charge in [-0.3, -0.25) is 0 Å². The minimum absolute atomic E-state index is 0. The first kappa shape index (κ1) is 21.2. The predicted octanol–water partition coefficient (Wildman–Crippen LogP) is 4.02. The number of methoxy groups -OCH3 is 1. The Balaban J connectivity index is 0.00000312. The monoisotopic (exact) mass is 457 g/mol. The minimum atomic E-state index is -0.241. The van der Waals surface area contributed by atoms with E-state index in [1.807, 2.05) is 32.0 Å². The highest BCUT2D eigenvalue weighted by Crippen LogP contribution is 2.18. The molecular weight excluding hydrogens is 432 g/mol. The molecule has 0 radical (unpaired) electrons. The third kappa shape index (κ3) is 6.89. The van der Waals surface area contributed by atoms with Crippen molar-refractivity contribution < 1.29 is 9.13 Å². The average Bonchev–Trinajstić information content (AvgIpc) is 2.57. The van der Waals surface area contributed by atoms with Crippen molar-refractivity contribution >= 4 is 29.9 Å². The molecule has 0 fully saturated rings. The molecule has 2 N–H and O–H groups in total. The Morgan fingerprint density at radius 2 is 1.92 bits per heavy atom. The molecule has 2 aromatic carbocycles. The number of nitrogens with one attached hydrogen (secondary N) is 2. The summed E-state index contributed by atoms with van der Waals surface area (Å²) in [6, 6.07) is 12.6. The molecule has 0 heterocycles. The van der Waals surface area contributed by atoms with Crippen LogP contribution >= 0.6 is 24.0 Å². The Hall–Kier alpha value is -1.83. The second-order valence-electron chi connectivity index (χ2n) is 5.48. The highest BCUT2D eigenvalue weighted by molar-refractivity contribution is 14.0. The van der Waals surface area contributed by atoms with Gasteiger partial charge < -0.3 is 15.4 Å². The van der Waals surface area contributed by atoms with Gasteiger partial charge in [0.2, 0.25) is 0 Å². The SMILES string of the molecule is CCNC(=NCc1cccc(F)c1)NCc1ccc(OC)c(C)c1.I. The minimum Gasteiger partial charge on any atom is -0.496 e. The lowest BCUT2D eigenvalue weighted by atomic mass is 10.1. The normalized spacial score (nSPS) is 10.8. The number of nitrogens with zero attached hydrogens (tertiary/aromatic N) is 1. The molecule has 6 heteroatoms. The van der Waals surface area contributed by atoms with Crippen LogP contribution < -0.4 is 15.4 Å². The number of benzene rings is 2. The lowest BCUT2D eigenvalue weighted by Crippen LogP contribution is -2.36. The largest absolute Gasteiger partial charge is 0.496 e. The van der Waals surface area contributed by atoms with Crippen molar-refractivity contribution in [2.24, 2.45) is 4.99 Å². The molecule has 0 saturated carbocycles. The Morgan fingerprint density at radius 3 is 2.56 bits per heavy atom. The summed E-state index contributed by atoms with van der Waals surface area (Å²) in [7, 11) is 1.67. The van der Waals surface area contributed by atoms with Gasteiger partial charge in [-0.05, 0) is 48.7 Å². The van der Waals surface area contributed by atoms with E-state index >= 15 is 0 Å². The van der Waals surface area contributed by atoms with E-state index in [4.69, 9.17) is 4.74 Å². The number of guanidine groups is 1. The third-order valence-corrected chi connectivity index (χ3v) is 3.57. The van der Waals surface area contributed by atoms with Crippen LogP contribution in [0.3, 0.4) is 0 Å². The maximum absolute atomic E-state index is 13.2. The Bertz CT molecular complexity index is 707. The van der Waals surface area contributed by atoms with Gasteiger partial charge in [-0.15, -0.1) is 24.0 Å².